The standard InChI is InChI=1S/C11H17N3O2/c1-11(2)7(4-8(11)16-3)14-9-5-10(15)13-6-12-9/h5-8H,4H2,1-3H3,(H2,12,13,14,15). The molecule has 1 aliphatic rings. The Morgan fingerprint density at radius 1 is 1.62 bits per heavy atom. The third-order valence-electron chi connectivity index (χ3n) is 3.46. The maximum absolute atomic E-state index is 11.1. The normalized spacial score (nSPS) is 27.2. The van der Waals surface area contributed by atoms with E-state index in [0.29, 0.717) is 11.9 Å². The van der Waals surface area contributed by atoms with Gasteiger partial charge in [0.2, 0.25) is 0 Å². The smallest absolute Gasteiger partial charge is 0.252 e. The van der Waals surface area contributed by atoms with Crippen LogP contribution in [0.5, 0.6) is 0 Å². The molecule has 0 bridgehead atoms. The molecule has 5 heteroatoms. The van der Waals surface area contributed by atoms with Gasteiger partial charge in [-0.25, -0.2) is 4.98 Å². The number of H-pyrrole nitrogens is 1. The van der Waals surface area contributed by atoms with Crippen molar-refractivity contribution in [2.45, 2.75) is 32.4 Å². The van der Waals surface area contributed by atoms with Crippen LogP contribution in [-0.2, 0) is 4.74 Å². The molecule has 1 fully saturated rings. The van der Waals surface area contributed by atoms with E-state index in [2.05, 4.69) is 29.1 Å². The predicted molar refractivity (Wildman–Crippen MR) is 61.5 cm³/mol. The first kappa shape index (κ1) is 11.1. The molecule has 1 saturated carbocycles. The summed E-state index contributed by atoms with van der Waals surface area (Å²) in [5, 5.41) is 3.26. The molecular weight excluding hydrogens is 206 g/mol. The maximum Gasteiger partial charge on any atom is 0.252 e. The third-order valence-corrected chi connectivity index (χ3v) is 3.46. The largest absolute Gasteiger partial charge is 0.381 e. The fraction of sp³-hybridized carbons (Fsp3) is 0.636. The number of nitrogens with one attached hydrogen (secondary N) is 2. The number of aromatic amines is 1. The molecule has 1 aliphatic carbocycles. The van der Waals surface area contributed by atoms with Crippen LogP contribution < -0.4 is 10.9 Å². The van der Waals surface area contributed by atoms with Crippen molar-refractivity contribution in [2.24, 2.45) is 5.41 Å². The maximum atomic E-state index is 11.1. The molecule has 1 aromatic heterocycles. The lowest BCUT2D eigenvalue weighted by Crippen LogP contribution is -2.57. The second kappa shape index (κ2) is 3.90. The topological polar surface area (TPSA) is 67.0 Å². The van der Waals surface area contributed by atoms with Crippen LogP contribution in [0.3, 0.4) is 0 Å². The lowest BCUT2D eigenvalue weighted by Gasteiger charge is -2.51. The number of anilines is 1. The molecule has 88 valence electrons. The van der Waals surface area contributed by atoms with Crippen molar-refractivity contribution in [3.63, 3.8) is 0 Å². The number of ether oxygens (including phenoxy) is 1. The van der Waals surface area contributed by atoms with Gasteiger partial charge in [0.1, 0.15) is 5.82 Å². The average molecular weight is 223 g/mol. The van der Waals surface area contributed by atoms with E-state index in [9.17, 15) is 4.79 Å². The number of hydrogen-bond donors (Lipinski definition) is 2. The molecule has 0 saturated heterocycles. The Morgan fingerprint density at radius 3 is 2.94 bits per heavy atom. The van der Waals surface area contributed by atoms with Gasteiger partial charge in [-0.1, -0.05) is 13.8 Å². The summed E-state index contributed by atoms with van der Waals surface area (Å²) in [6, 6.07) is 1.77. The number of nitrogens with zero attached hydrogens (tertiary/aromatic N) is 1. The van der Waals surface area contributed by atoms with E-state index in [1.807, 2.05) is 0 Å². The molecule has 2 N–H and O–H groups in total. The van der Waals surface area contributed by atoms with Gasteiger partial charge in [-0.2, -0.15) is 0 Å². The molecule has 0 aliphatic heterocycles. The van der Waals surface area contributed by atoms with Crippen LogP contribution in [0.25, 0.3) is 0 Å². The second-order valence-corrected chi connectivity index (χ2v) is 4.77. The average Bonchev–Trinajstić information content (AvgIpc) is 2.23. The van der Waals surface area contributed by atoms with Crippen molar-refractivity contribution >= 4 is 5.82 Å². The fourth-order valence-electron chi connectivity index (χ4n) is 2.16. The summed E-state index contributed by atoms with van der Waals surface area (Å²) < 4.78 is 5.36. The minimum atomic E-state index is -0.141. The van der Waals surface area contributed by atoms with E-state index in [0.717, 1.165) is 6.42 Å². The number of hydrogen-bond acceptors (Lipinski definition) is 4. The summed E-state index contributed by atoms with van der Waals surface area (Å²) in [5.41, 5.74) is -0.0723. The monoisotopic (exact) mass is 223 g/mol. The zero-order valence-electron chi connectivity index (χ0n) is 9.78. The van der Waals surface area contributed by atoms with Gasteiger partial charge in [0, 0.05) is 24.6 Å². The first-order chi connectivity index (χ1) is 7.54. The lowest BCUT2D eigenvalue weighted by molar-refractivity contribution is -0.0795. The second-order valence-electron chi connectivity index (χ2n) is 4.77. The van der Waals surface area contributed by atoms with Crippen LogP contribution in [-0.4, -0.2) is 29.2 Å². The summed E-state index contributed by atoms with van der Waals surface area (Å²) in [7, 11) is 1.73. The number of methoxy groups -OCH3 is 1. The quantitative estimate of drug-likeness (QED) is 0.802. The molecule has 16 heavy (non-hydrogen) atoms. The highest BCUT2D eigenvalue weighted by atomic mass is 16.5. The van der Waals surface area contributed by atoms with E-state index >= 15 is 0 Å². The van der Waals surface area contributed by atoms with Gasteiger partial charge in [0.05, 0.1) is 12.4 Å². The molecule has 1 aromatic rings. The van der Waals surface area contributed by atoms with E-state index < -0.39 is 0 Å². The SMILES string of the molecule is COC1CC(Nc2cc(=O)[nH]cn2)C1(C)C. The van der Waals surface area contributed by atoms with E-state index in [-0.39, 0.29) is 17.1 Å². The zero-order valence-corrected chi connectivity index (χ0v) is 9.78. The highest BCUT2D eigenvalue weighted by Crippen LogP contribution is 2.43. The predicted octanol–water partition coefficient (Wildman–Crippen LogP) is 0.995. The van der Waals surface area contributed by atoms with Crippen molar-refractivity contribution in [3.05, 3.63) is 22.7 Å². The first-order valence-corrected chi connectivity index (χ1v) is 5.38. The van der Waals surface area contributed by atoms with Gasteiger partial charge in [0.25, 0.3) is 5.56 Å². The van der Waals surface area contributed by atoms with Gasteiger partial charge in [-0.05, 0) is 6.42 Å². The molecule has 1 heterocycles. The Kier molecular flexibility index (Phi) is 2.71. The van der Waals surface area contributed by atoms with Crippen LogP contribution in [0.15, 0.2) is 17.2 Å². The molecule has 5 nitrogen and oxygen atoms in total. The zero-order chi connectivity index (χ0) is 11.8. The Hall–Kier alpha value is -1.36. The lowest BCUT2D eigenvalue weighted by atomic mass is 9.64. The van der Waals surface area contributed by atoms with Gasteiger partial charge in [-0.15, -0.1) is 0 Å². The van der Waals surface area contributed by atoms with Gasteiger partial charge in [-0.3, -0.25) is 4.79 Å². The summed E-state index contributed by atoms with van der Waals surface area (Å²) in [4.78, 5) is 17.7. The van der Waals surface area contributed by atoms with Crippen LogP contribution in [0.4, 0.5) is 5.82 Å². The van der Waals surface area contributed by atoms with Crippen molar-refractivity contribution in [2.75, 3.05) is 12.4 Å². The molecule has 0 amide bonds. The summed E-state index contributed by atoms with van der Waals surface area (Å²) in [5.74, 6) is 0.622. The number of aromatic nitrogens is 2. The minimum absolute atomic E-state index is 0.0685. The summed E-state index contributed by atoms with van der Waals surface area (Å²) in [6.07, 6.45) is 2.62. The van der Waals surface area contributed by atoms with Crippen molar-refractivity contribution in [1.82, 2.24) is 9.97 Å². The summed E-state index contributed by atoms with van der Waals surface area (Å²) in [6.45, 7) is 4.30. The minimum Gasteiger partial charge on any atom is -0.381 e. The van der Waals surface area contributed by atoms with Crippen molar-refractivity contribution in [1.29, 1.82) is 0 Å². The van der Waals surface area contributed by atoms with Gasteiger partial charge in [0.15, 0.2) is 0 Å². The van der Waals surface area contributed by atoms with Gasteiger partial charge < -0.3 is 15.0 Å². The number of rotatable bonds is 3. The van der Waals surface area contributed by atoms with Crippen LogP contribution >= 0.6 is 0 Å². The van der Waals surface area contributed by atoms with E-state index in [1.54, 1.807) is 7.11 Å². The van der Waals surface area contributed by atoms with E-state index in [1.165, 1.54) is 12.4 Å². The van der Waals surface area contributed by atoms with E-state index in [4.69, 9.17) is 4.74 Å². The molecule has 2 atom stereocenters. The highest BCUT2D eigenvalue weighted by molar-refractivity contribution is 5.35. The molecule has 2 rings (SSSR count). The van der Waals surface area contributed by atoms with Crippen molar-refractivity contribution in [3.8, 4) is 0 Å². The Balaban J connectivity index is 2.05. The Morgan fingerprint density at radius 2 is 2.38 bits per heavy atom. The first-order valence-electron chi connectivity index (χ1n) is 5.38. The molecule has 0 aromatic carbocycles. The molecular formula is C11H17N3O2. The molecule has 0 radical (unpaired) electrons. The Labute approximate surface area is 94.2 Å². The molecule has 2 unspecified atom stereocenters. The fourth-order valence-corrected chi connectivity index (χ4v) is 2.16. The van der Waals surface area contributed by atoms with Crippen LogP contribution in [0.2, 0.25) is 0 Å². The Bertz CT molecular complexity index is 427. The third kappa shape index (κ3) is 1.82. The van der Waals surface area contributed by atoms with Crippen LogP contribution in [0.1, 0.15) is 20.3 Å². The van der Waals surface area contributed by atoms with Crippen molar-refractivity contribution < 1.29 is 4.74 Å². The van der Waals surface area contributed by atoms with Crippen LogP contribution in [0, 0.1) is 5.41 Å². The molecule has 0 spiro atoms. The highest BCUT2D eigenvalue weighted by Gasteiger charge is 2.48. The summed E-state index contributed by atoms with van der Waals surface area (Å²) >= 11 is 0. The van der Waals surface area contributed by atoms with Gasteiger partial charge >= 0.3 is 0 Å².